The molecule has 2 N–H and O–H groups in total. The predicted octanol–water partition coefficient (Wildman–Crippen LogP) is 2.99. The lowest BCUT2D eigenvalue weighted by Crippen LogP contribution is -2.36. The largest absolute Gasteiger partial charge is 0.350 e. The average Bonchev–Trinajstić information content (AvgIpc) is 3.41. The third-order valence-electron chi connectivity index (χ3n) is 6.06. The van der Waals surface area contributed by atoms with Crippen LogP contribution in [-0.4, -0.2) is 28.9 Å². The molecule has 2 aliphatic rings. The second kappa shape index (κ2) is 8.40. The van der Waals surface area contributed by atoms with Crippen molar-refractivity contribution >= 4 is 17.2 Å². The van der Waals surface area contributed by atoms with Crippen LogP contribution in [0.15, 0.2) is 40.5 Å². The molecule has 1 aliphatic carbocycles. The number of hydrogen-bond donors (Lipinski definition) is 2. The molecule has 0 bridgehead atoms. The highest BCUT2D eigenvalue weighted by atomic mass is 32.1. The summed E-state index contributed by atoms with van der Waals surface area (Å²) in [5, 5.41) is 4.85. The fourth-order valence-electron chi connectivity index (χ4n) is 4.74. The Labute approximate surface area is 163 Å². The van der Waals surface area contributed by atoms with E-state index in [0.29, 0.717) is 18.4 Å². The Morgan fingerprint density at radius 1 is 1.19 bits per heavy atom. The van der Waals surface area contributed by atoms with Crippen molar-refractivity contribution in [3.8, 4) is 0 Å². The molecule has 1 amide bonds. The number of H-pyrrole nitrogens is 1. The van der Waals surface area contributed by atoms with Crippen LogP contribution in [-0.2, 0) is 17.9 Å². The van der Waals surface area contributed by atoms with E-state index in [-0.39, 0.29) is 16.7 Å². The van der Waals surface area contributed by atoms with Crippen molar-refractivity contribution in [1.82, 2.24) is 15.2 Å². The molecule has 2 heterocycles. The van der Waals surface area contributed by atoms with Gasteiger partial charge in [-0.2, -0.15) is 0 Å². The van der Waals surface area contributed by atoms with Gasteiger partial charge in [-0.05, 0) is 17.4 Å². The first kappa shape index (κ1) is 18.4. The van der Waals surface area contributed by atoms with E-state index in [1.54, 1.807) is 5.38 Å². The highest BCUT2D eigenvalue weighted by Crippen LogP contribution is 2.39. The van der Waals surface area contributed by atoms with Crippen molar-refractivity contribution in [1.29, 1.82) is 0 Å². The molecule has 0 radical (unpaired) electrons. The molecule has 144 valence electrons. The van der Waals surface area contributed by atoms with Crippen LogP contribution in [0.3, 0.4) is 0 Å². The third kappa shape index (κ3) is 4.50. The summed E-state index contributed by atoms with van der Waals surface area (Å²) < 4.78 is 0. The molecule has 0 unspecified atom stereocenters. The van der Waals surface area contributed by atoms with Gasteiger partial charge in [-0.15, -0.1) is 0 Å². The van der Waals surface area contributed by atoms with Crippen LogP contribution in [0.1, 0.15) is 36.9 Å². The normalized spacial score (nSPS) is 23.7. The third-order valence-corrected chi connectivity index (χ3v) is 6.77. The molecule has 2 atom stereocenters. The molecule has 5 nitrogen and oxygen atoms in total. The topological polar surface area (TPSA) is 65.2 Å². The zero-order valence-corrected chi connectivity index (χ0v) is 16.3. The fraction of sp³-hybridized carbons (Fsp3) is 0.524. The minimum atomic E-state index is -0.0713. The molecule has 27 heavy (non-hydrogen) atoms. The number of amides is 1. The first-order valence-electron chi connectivity index (χ1n) is 9.90. The van der Waals surface area contributed by atoms with Gasteiger partial charge in [-0.1, -0.05) is 67.4 Å². The maximum absolute atomic E-state index is 13.0. The summed E-state index contributed by atoms with van der Waals surface area (Å²) in [5.74, 6) is 1.29. The van der Waals surface area contributed by atoms with Crippen LogP contribution < -0.4 is 10.2 Å². The number of aromatic nitrogens is 1. The second-order valence-electron chi connectivity index (χ2n) is 7.89. The van der Waals surface area contributed by atoms with E-state index in [2.05, 4.69) is 39.5 Å². The van der Waals surface area contributed by atoms with Crippen molar-refractivity contribution < 1.29 is 4.79 Å². The van der Waals surface area contributed by atoms with Gasteiger partial charge < -0.3 is 10.3 Å². The lowest BCUT2D eigenvalue weighted by Gasteiger charge is -2.23. The number of nitrogens with one attached hydrogen (secondary N) is 2. The molecule has 6 heteroatoms. The number of hydrogen-bond acceptors (Lipinski definition) is 4. The highest BCUT2D eigenvalue weighted by Gasteiger charge is 2.42. The maximum Gasteiger partial charge on any atom is 0.304 e. The van der Waals surface area contributed by atoms with Crippen molar-refractivity contribution in [2.45, 2.75) is 38.8 Å². The Morgan fingerprint density at radius 2 is 1.96 bits per heavy atom. The molecule has 2 fully saturated rings. The molecular weight excluding hydrogens is 358 g/mol. The highest BCUT2D eigenvalue weighted by molar-refractivity contribution is 7.07. The summed E-state index contributed by atoms with van der Waals surface area (Å²) in [6, 6.07) is 10.5. The average molecular weight is 386 g/mol. The Hall–Kier alpha value is -1.92. The molecule has 1 saturated carbocycles. The van der Waals surface area contributed by atoms with Gasteiger partial charge in [0.25, 0.3) is 0 Å². The van der Waals surface area contributed by atoms with Crippen LogP contribution in [0.4, 0.5) is 0 Å². The van der Waals surface area contributed by atoms with Gasteiger partial charge in [0.15, 0.2) is 0 Å². The summed E-state index contributed by atoms with van der Waals surface area (Å²) in [6.45, 7) is 3.14. The fourth-order valence-corrected chi connectivity index (χ4v) is 5.32. The van der Waals surface area contributed by atoms with E-state index in [1.165, 1.54) is 31.2 Å². The zero-order chi connectivity index (χ0) is 18.6. The Morgan fingerprint density at radius 3 is 2.67 bits per heavy atom. The van der Waals surface area contributed by atoms with E-state index in [4.69, 9.17) is 0 Å². The van der Waals surface area contributed by atoms with Gasteiger partial charge in [-0.3, -0.25) is 14.5 Å². The summed E-state index contributed by atoms with van der Waals surface area (Å²) in [4.78, 5) is 29.4. The number of carbonyl (C=O) groups is 1. The SMILES string of the molecule is O=C(NCc1csc(=O)[nH]1)[C@@H]1CN(Cc2ccccc2)C[C@H]1C1CCCC1. The van der Waals surface area contributed by atoms with Gasteiger partial charge >= 0.3 is 4.87 Å². The minimum absolute atomic E-state index is 0.0437. The number of thiazole rings is 1. The summed E-state index contributed by atoms with van der Waals surface area (Å²) in [6.07, 6.45) is 5.10. The summed E-state index contributed by atoms with van der Waals surface area (Å²) >= 11 is 1.14. The van der Waals surface area contributed by atoms with Crippen LogP contribution in [0.5, 0.6) is 0 Å². The second-order valence-corrected chi connectivity index (χ2v) is 8.73. The van der Waals surface area contributed by atoms with Crippen LogP contribution in [0.25, 0.3) is 0 Å². The molecule has 4 rings (SSSR count). The van der Waals surface area contributed by atoms with E-state index in [1.807, 2.05) is 6.07 Å². The smallest absolute Gasteiger partial charge is 0.304 e. The van der Waals surface area contributed by atoms with E-state index in [9.17, 15) is 9.59 Å². The van der Waals surface area contributed by atoms with E-state index < -0.39 is 0 Å². The lowest BCUT2D eigenvalue weighted by atomic mass is 9.82. The molecule has 1 aliphatic heterocycles. The van der Waals surface area contributed by atoms with Gasteiger partial charge in [-0.25, -0.2) is 0 Å². The van der Waals surface area contributed by atoms with Crippen LogP contribution in [0.2, 0.25) is 0 Å². The minimum Gasteiger partial charge on any atom is -0.350 e. The first-order valence-corrected chi connectivity index (χ1v) is 10.8. The Bertz CT molecular complexity index is 810. The number of carbonyl (C=O) groups excluding carboxylic acids is 1. The predicted molar refractivity (Wildman–Crippen MR) is 107 cm³/mol. The maximum atomic E-state index is 13.0. The van der Waals surface area contributed by atoms with Crippen LogP contribution >= 0.6 is 11.3 Å². The van der Waals surface area contributed by atoms with Gasteiger partial charge in [0.1, 0.15) is 0 Å². The summed E-state index contributed by atoms with van der Waals surface area (Å²) in [7, 11) is 0. The van der Waals surface area contributed by atoms with Crippen molar-refractivity contribution in [2.75, 3.05) is 13.1 Å². The number of benzene rings is 1. The standard InChI is InChI=1S/C21H27N3O2S/c25-20(22-10-17-14-27-21(26)23-17)19-13-24(11-15-6-2-1-3-7-15)12-18(19)16-8-4-5-9-16/h1-3,6-7,14,16,18-19H,4-5,8-13H2,(H,22,25)(H,23,26)/t18-,19+/m0/s1. The zero-order valence-electron chi connectivity index (χ0n) is 15.5. The number of rotatable bonds is 6. The first-order chi connectivity index (χ1) is 13.2. The van der Waals surface area contributed by atoms with Crippen molar-refractivity contribution in [2.24, 2.45) is 17.8 Å². The van der Waals surface area contributed by atoms with E-state index in [0.717, 1.165) is 36.7 Å². The molecule has 1 saturated heterocycles. The Balaban J connectivity index is 1.42. The number of likely N-dealkylation sites (tertiary alicyclic amines) is 1. The number of aromatic amines is 1. The molecule has 2 aromatic rings. The van der Waals surface area contributed by atoms with Gasteiger partial charge in [0.05, 0.1) is 12.5 Å². The lowest BCUT2D eigenvalue weighted by molar-refractivity contribution is -0.126. The van der Waals surface area contributed by atoms with Crippen molar-refractivity contribution in [3.63, 3.8) is 0 Å². The quantitative estimate of drug-likeness (QED) is 0.803. The number of nitrogens with zero attached hydrogens (tertiary/aromatic N) is 1. The monoisotopic (exact) mass is 385 g/mol. The van der Waals surface area contributed by atoms with E-state index >= 15 is 0 Å². The summed E-state index contributed by atoms with van der Waals surface area (Å²) in [5.41, 5.74) is 2.09. The molecular formula is C21H27N3O2S. The van der Waals surface area contributed by atoms with Crippen LogP contribution in [0, 0.1) is 17.8 Å². The molecule has 0 spiro atoms. The van der Waals surface area contributed by atoms with Gasteiger partial charge in [0.2, 0.25) is 5.91 Å². The van der Waals surface area contributed by atoms with Crippen molar-refractivity contribution in [3.05, 3.63) is 56.6 Å². The molecule has 1 aromatic heterocycles. The Kier molecular flexibility index (Phi) is 5.74. The van der Waals surface area contributed by atoms with Gasteiger partial charge in [0, 0.05) is 30.7 Å². The molecule has 1 aromatic carbocycles.